The van der Waals surface area contributed by atoms with Crippen LogP contribution in [-0.2, 0) is 16.0 Å². The van der Waals surface area contributed by atoms with Crippen LogP contribution in [0, 0.1) is 0 Å². The number of methoxy groups -OCH3 is 1. The van der Waals surface area contributed by atoms with Crippen molar-refractivity contribution in [2.75, 3.05) is 7.11 Å². The third kappa shape index (κ3) is 4.58. The summed E-state index contributed by atoms with van der Waals surface area (Å²) in [6, 6.07) is 9.72. The van der Waals surface area contributed by atoms with Gasteiger partial charge in [-0.1, -0.05) is 23.7 Å². The van der Waals surface area contributed by atoms with E-state index in [-0.39, 0.29) is 18.4 Å². The number of nitrogens with zero attached hydrogens (tertiary/aromatic N) is 2. The zero-order valence-electron chi connectivity index (χ0n) is 14.1. The molecular weight excluding hydrogens is 328 g/mol. The van der Waals surface area contributed by atoms with Crippen LogP contribution < -0.4 is 0 Å². The molecule has 2 aromatic rings. The molecule has 0 bridgehead atoms. The smallest absolute Gasteiger partial charge is 0.306 e. The highest BCUT2D eigenvalue weighted by atomic mass is 35.5. The van der Waals surface area contributed by atoms with Gasteiger partial charge in [-0.15, -0.1) is 0 Å². The maximum atomic E-state index is 11.2. The summed E-state index contributed by atoms with van der Waals surface area (Å²) >= 11 is 5.96. The van der Waals surface area contributed by atoms with Crippen LogP contribution in [0.2, 0.25) is 5.02 Å². The molecule has 24 heavy (non-hydrogen) atoms. The van der Waals surface area contributed by atoms with E-state index >= 15 is 0 Å². The third-order valence-electron chi connectivity index (χ3n) is 4.07. The highest BCUT2D eigenvalue weighted by molar-refractivity contribution is 6.30. The second kappa shape index (κ2) is 8.31. The van der Waals surface area contributed by atoms with Crippen LogP contribution >= 0.6 is 11.6 Å². The van der Waals surface area contributed by atoms with Gasteiger partial charge in [-0.3, -0.25) is 9.48 Å². The number of rotatable bonds is 8. The van der Waals surface area contributed by atoms with E-state index in [4.69, 9.17) is 16.3 Å². The Morgan fingerprint density at radius 2 is 1.96 bits per heavy atom. The van der Waals surface area contributed by atoms with Crippen molar-refractivity contribution in [3.63, 3.8) is 0 Å². The standard InChI is InChI=1S/C18H23ClN2O3/c1-12(2)21-16(8-9-20-21)15(17(24-3)11-18(22)23)10-13-4-6-14(19)7-5-13/h4-9,12,15,17H,10-11H2,1-3H3,(H,22,23)/t15-,17-/m1/s1. The predicted molar refractivity (Wildman–Crippen MR) is 93.6 cm³/mol. The van der Waals surface area contributed by atoms with Gasteiger partial charge in [0.2, 0.25) is 0 Å². The normalized spacial score (nSPS) is 13.9. The molecule has 0 saturated heterocycles. The number of aliphatic carboxylic acids is 1. The summed E-state index contributed by atoms with van der Waals surface area (Å²) in [5, 5.41) is 14.3. The molecule has 1 N–H and O–H groups in total. The van der Waals surface area contributed by atoms with Gasteiger partial charge in [0.05, 0.1) is 12.5 Å². The number of carboxylic acid groups (broad SMARTS) is 1. The second-order valence-corrected chi connectivity index (χ2v) is 6.54. The van der Waals surface area contributed by atoms with Crippen molar-refractivity contribution < 1.29 is 14.6 Å². The fourth-order valence-electron chi connectivity index (χ4n) is 2.91. The second-order valence-electron chi connectivity index (χ2n) is 6.10. The van der Waals surface area contributed by atoms with Gasteiger partial charge in [-0.25, -0.2) is 0 Å². The van der Waals surface area contributed by atoms with E-state index in [1.54, 1.807) is 13.3 Å². The third-order valence-corrected chi connectivity index (χ3v) is 4.32. The average Bonchev–Trinajstić information content (AvgIpc) is 3.01. The molecule has 0 fully saturated rings. The predicted octanol–water partition coefficient (Wildman–Crippen LogP) is 3.93. The molecule has 5 nitrogen and oxygen atoms in total. The lowest BCUT2D eigenvalue weighted by Crippen LogP contribution is -2.28. The van der Waals surface area contributed by atoms with Gasteiger partial charge < -0.3 is 9.84 Å². The lowest BCUT2D eigenvalue weighted by atomic mass is 9.89. The van der Waals surface area contributed by atoms with Crippen molar-refractivity contribution in [2.24, 2.45) is 0 Å². The Morgan fingerprint density at radius 3 is 2.50 bits per heavy atom. The summed E-state index contributed by atoms with van der Waals surface area (Å²) < 4.78 is 7.45. The van der Waals surface area contributed by atoms with E-state index in [1.807, 2.05) is 35.0 Å². The lowest BCUT2D eigenvalue weighted by molar-refractivity contribution is -0.140. The molecule has 130 valence electrons. The quantitative estimate of drug-likeness (QED) is 0.783. The fraction of sp³-hybridized carbons (Fsp3) is 0.444. The van der Waals surface area contributed by atoms with E-state index < -0.39 is 12.1 Å². The van der Waals surface area contributed by atoms with Crippen LogP contribution in [0.25, 0.3) is 0 Å². The van der Waals surface area contributed by atoms with Crippen LogP contribution in [0.1, 0.15) is 43.5 Å². The highest BCUT2D eigenvalue weighted by Gasteiger charge is 2.29. The first-order valence-electron chi connectivity index (χ1n) is 7.94. The Balaban J connectivity index is 2.37. The van der Waals surface area contributed by atoms with Crippen molar-refractivity contribution in [1.29, 1.82) is 0 Å². The number of hydrogen-bond acceptors (Lipinski definition) is 3. The van der Waals surface area contributed by atoms with Crippen LogP contribution in [-0.4, -0.2) is 34.1 Å². The first-order chi connectivity index (χ1) is 11.4. The minimum Gasteiger partial charge on any atom is -0.481 e. The van der Waals surface area contributed by atoms with E-state index in [0.717, 1.165) is 11.3 Å². The van der Waals surface area contributed by atoms with E-state index in [1.165, 1.54) is 0 Å². The zero-order chi connectivity index (χ0) is 17.7. The van der Waals surface area contributed by atoms with E-state index in [0.29, 0.717) is 11.4 Å². The maximum absolute atomic E-state index is 11.2. The molecule has 1 heterocycles. The number of benzene rings is 1. The summed E-state index contributed by atoms with van der Waals surface area (Å²) in [7, 11) is 1.55. The summed E-state index contributed by atoms with van der Waals surface area (Å²) in [5.74, 6) is -0.990. The lowest BCUT2D eigenvalue weighted by Gasteiger charge is -2.27. The number of ether oxygens (including phenoxy) is 1. The first-order valence-corrected chi connectivity index (χ1v) is 8.32. The molecule has 1 aromatic carbocycles. The molecule has 2 rings (SSSR count). The SMILES string of the molecule is CO[C@H](CC(=O)O)[C@H](Cc1ccc(Cl)cc1)c1ccnn1C(C)C. The maximum Gasteiger partial charge on any atom is 0.306 e. The van der Waals surface area contributed by atoms with Gasteiger partial charge in [0.1, 0.15) is 0 Å². The van der Waals surface area contributed by atoms with Crippen LogP contribution in [0.4, 0.5) is 0 Å². The van der Waals surface area contributed by atoms with Gasteiger partial charge in [-0.2, -0.15) is 5.10 Å². The minimum absolute atomic E-state index is 0.0575. The molecule has 0 aliphatic heterocycles. The van der Waals surface area contributed by atoms with Gasteiger partial charge >= 0.3 is 5.97 Å². The number of halogens is 1. The van der Waals surface area contributed by atoms with E-state index in [2.05, 4.69) is 18.9 Å². The number of carbonyl (C=O) groups is 1. The zero-order valence-corrected chi connectivity index (χ0v) is 14.9. The molecular formula is C18H23ClN2O3. The van der Waals surface area contributed by atoms with Gasteiger partial charge in [0.15, 0.2) is 0 Å². The molecule has 0 aliphatic rings. The molecule has 0 amide bonds. The van der Waals surface area contributed by atoms with Crippen molar-refractivity contribution in [1.82, 2.24) is 9.78 Å². The van der Waals surface area contributed by atoms with Crippen LogP contribution in [0.3, 0.4) is 0 Å². The molecule has 0 aliphatic carbocycles. The Bertz CT molecular complexity index is 667. The molecule has 0 unspecified atom stereocenters. The van der Waals surface area contributed by atoms with E-state index in [9.17, 15) is 9.90 Å². The van der Waals surface area contributed by atoms with Crippen molar-refractivity contribution in [2.45, 2.75) is 44.8 Å². The van der Waals surface area contributed by atoms with Crippen molar-refractivity contribution >= 4 is 17.6 Å². The number of hydrogen-bond donors (Lipinski definition) is 1. The largest absolute Gasteiger partial charge is 0.481 e. The summed E-state index contributed by atoms with van der Waals surface area (Å²) in [6.45, 7) is 4.10. The molecule has 0 saturated carbocycles. The van der Waals surface area contributed by atoms with Crippen molar-refractivity contribution in [3.8, 4) is 0 Å². The number of carboxylic acids is 1. The van der Waals surface area contributed by atoms with Crippen LogP contribution in [0.5, 0.6) is 0 Å². The molecule has 1 aromatic heterocycles. The van der Waals surface area contributed by atoms with Crippen molar-refractivity contribution in [3.05, 3.63) is 52.8 Å². The summed E-state index contributed by atoms with van der Waals surface area (Å²) in [6.07, 6.45) is 1.91. The van der Waals surface area contributed by atoms with Crippen LogP contribution in [0.15, 0.2) is 36.5 Å². The average molecular weight is 351 g/mol. The molecule has 0 radical (unpaired) electrons. The van der Waals surface area contributed by atoms with Gasteiger partial charge in [0.25, 0.3) is 0 Å². The Morgan fingerprint density at radius 1 is 1.29 bits per heavy atom. The monoisotopic (exact) mass is 350 g/mol. The molecule has 2 atom stereocenters. The summed E-state index contributed by atoms with van der Waals surface area (Å²) in [4.78, 5) is 11.2. The highest BCUT2D eigenvalue weighted by Crippen LogP contribution is 2.30. The minimum atomic E-state index is -0.876. The topological polar surface area (TPSA) is 64.3 Å². The van der Waals surface area contributed by atoms with Gasteiger partial charge in [-0.05, 0) is 44.0 Å². The molecule has 0 spiro atoms. The Hall–Kier alpha value is -1.85. The fourth-order valence-corrected chi connectivity index (χ4v) is 3.04. The number of aromatic nitrogens is 2. The Labute approximate surface area is 147 Å². The molecule has 6 heteroatoms. The Kier molecular flexibility index (Phi) is 6.40. The van der Waals surface area contributed by atoms with Gasteiger partial charge in [0, 0.05) is 36.0 Å². The first kappa shape index (κ1) is 18.5. The summed E-state index contributed by atoms with van der Waals surface area (Å²) in [5.41, 5.74) is 2.06.